The second kappa shape index (κ2) is 4.13. The van der Waals surface area contributed by atoms with Crippen LogP contribution in [0.3, 0.4) is 0 Å². The van der Waals surface area contributed by atoms with Gasteiger partial charge in [-0.3, -0.25) is 0 Å². The maximum absolute atomic E-state index is 6.06. The summed E-state index contributed by atoms with van der Waals surface area (Å²) in [6.45, 7) is 6.69. The molecule has 2 nitrogen and oxygen atoms in total. The zero-order valence-electron chi connectivity index (χ0n) is 9.66. The average molecular weight is 204 g/mol. The maximum Gasteiger partial charge on any atom is 0.0600 e. The number of nitrogens with zero attached hydrogens (tertiary/aromatic N) is 1. The summed E-state index contributed by atoms with van der Waals surface area (Å²) < 4.78 is 0. The minimum atomic E-state index is 0.791. The smallest absolute Gasteiger partial charge is 0.0600 e. The van der Waals surface area contributed by atoms with Gasteiger partial charge in [-0.2, -0.15) is 0 Å². The molecule has 0 unspecified atom stereocenters. The highest BCUT2D eigenvalue weighted by Crippen LogP contribution is 2.28. The van der Waals surface area contributed by atoms with Crippen molar-refractivity contribution in [1.82, 2.24) is 0 Å². The molecule has 1 fully saturated rings. The molecule has 2 N–H and O–H groups in total. The molecule has 0 radical (unpaired) electrons. The zero-order chi connectivity index (χ0) is 10.8. The van der Waals surface area contributed by atoms with Gasteiger partial charge in [-0.1, -0.05) is 13.0 Å². The van der Waals surface area contributed by atoms with E-state index in [0.717, 1.165) is 24.7 Å². The summed E-state index contributed by atoms with van der Waals surface area (Å²) in [6, 6.07) is 6.36. The summed E-state index contributed by atoms with van der Waals surface area (Å²) in [6.07, 6.45) is 2.64. The lowest BCUT2D eigenvalue weighted by atomic mass is 9.99. The molecule has 1 aromatic carbocycles. The van der Waals surface area contributed by atoms with E-state index >= 15 is 0 Å². The topological polar surface area (TPSA) is 29.3 Å². The Kier molecular flexibility index (Phi) is 2.85. The van der Waals surface area contributed by atoms with Crippen molar-refractivity contribution in [3.05, 3.63) is 23.8 Å². The summed E-state index contributed by atoms with van der Waals surface area (Å²) >= 11 is 0. The second-order valence-electron chi connectivity index (χ2n) is 4.76. The molecule has 1 aromatic rings. The molecule has 1 saturated heterocycles. The van der Waals surface area contributed by atoms with Gasteiger partial charge in [-0.15, -0.1) is 0 Å². The number of anilines is 2. The molecule has 0 saturated carbocycles. The first-order valence-electron chi connectivity index (χ1n) is 5.78. The van der Waals surface area contributed by atoms with Crippen molar-refractivity contribution in [3.63, 3.8) is 0 Å². The molecule has 2 heteroatoms. The Balaban J connectivity index is 2.21. The van der Waals surface area contributed by atoms with Crippen LogP contribution in [0, 0.1) is 12.8 Å². The number of hydrogen-bond acceptors (Lipinski definition) is 2. The van der Waals surface area contributed by atoms with Gasteiger partial charge >= 0.3 is 0 Å². The molecular formula is C13H20N2. The van der Waals surface area contributed by atoms with Crippen molar-refractivity contribution in [2.24, 2.45) is 5.92 Å². The normalized spacial score (nSPS) is 21.7. The molecular weight excluding hydrogens is 184 g/mol. The van der Waals surface area contributed by atoms with Crippen LogP contribution in [0.5, 0.6) is 0 Å². The minimum Gasteiger partial charge on any atom is -0.397 e. The predicted octanol–water partition coefficient (Wildman–Crippen LogP) is 2.81. The van der Waals surface area contributed by atoms with Crippen LogP contribution in [0.2, 0.25) is 0 Å². The third-order valence-corrected chi connectivity index (χ3v) is 3.18. The standard InChI is InChI=1S/C13H20N2/c1-10-5-6-13(12(14)8-10)15-7-3-4-11(2)9-15/h5-6,8,11H,3-4,7,9,14H2,1-2H3/t11-/m1/s1. The van der Waals surface area contributed by atoms with Crippen molar-refractivity contribution in [1.29, 1.82) is 0 Å². The highest BCUT2D eigenvalue weighted by molar-refractivity contribution is 5.68. The highest BCUT2D eigenvalue weighted by Gasteiger charge is 2.17. The van der Waals surface area contributed by atoms with Gasteiger partial charge in [-0.25, -0.2) is 0 Å². The van der Waals surface area contributed by atoms with Crippen LogP contribution < -0.4 is 10.6 Å². The fraction of sp³-hybridized carbons (Fsp3) is 0.538. The Morgan fingerprint density at radius 1 is 1.40 bits per heavy atom. The van der Waals surface area contributed by atoms with Gasteiger partial charge in [0.25, 0.3) is 0 Å². The minimum absolute atomic E-state index is 0.791. The van der Waals surface area contributed by atoms with Gasteiger partial charge in [0, 0.05) is 13.1 Å². The van der Waals surface area contributed by atoms with E-state index in [9.17, 15) is 0 Å². The number of benzene rings is 1. The van der Waals surface area contributed by atoms with Crippen LogP contribution >= 0.6 is 0 Å². The van der Waals surface area contributed by atoms with Crippen LogP contribution in [-0.4, -0.2) is 13.1 Å². The lowest BCUT2D eigenvalue weighted by Crippen LogP contribution is -2.34. The summed E-state index contributed by atoms with van der Waals surface area (Å²) in [5, 5.41) is 0. The number of nitrogens with two attached hydrogens (primary N) is 1. The summed E-state index contributed by atoms with van der Waals surface area (Å²) in [7, 11) is 0. The van der Waals surface area contributed by atoms with E-state index in [4.69, 9.17) is 5.73 Å². The van der Waals surface area contributed by atoms with Gasteiger partial charge in [0.1, 0.15) is 0 Å². The Morgan fingerprint density at radius 2 is 2.20 bits per heavy atom. The molecule has 0 spiro atoms. The Morgan fingerprint density at radius 3 is 2.87 bits per heavy atom. The molecule has 82 valence electrons. The fourth-order valence-corrected chi connectivity index (χ4v) is 2.37. The van der Waals surface area contributed by atoms with E-state index in [-0.39, 0.29) is 0 Å². The van der Waals surface area contributed by atoms with Gasteiger partial charge < -0.3 is 10.6 Å². The fourth-order valence-electron chi connectivity index (χ4n) is 2.37. The van der Waals surface area contributed by atoms with Crippen molar-refractivity contribution >= 4 is 11.4 Å². The lowest BCUT2D eigenvalue weighted by molar-refractivity contribution is 0.447. The Bertz CT molecular complexity index is 346. The largest absolute Gasteiger partial charge is 0.397 e. The molecule has 1 aliphatic rings. The van der Waals surface area contributed by atoms with Gasteiger partial charge in [0.2, 0.25) is 0 Å². The molecule has 1 heterocycles. The molecule has 2 rings (SSSR count). The third-order valence-electron chi connectivity index (χ3n) is 3.18. The summed E-state index contributed by atoms with van der Waals surface area (Å²) in [4.78, 5) is 2.42. The summed E-state index contributed by atoms with van der Waals surface area (Å²) in [5.41, 5.74) is 9.43. The first-order chi connectivity index (χ1) is 7.16. The van der Waals surface area contributed by atoms with E-state index < -0.39 is 0 Å². The number of hydrogen-bond donors (Lipinski definition) is 1. The van der Waals surface area contributed by atoms with Crippen molar-refractivity contribution in [3.8, 4) is 0 Å². The van der Waals surface area contributed by atoms with Crippen LogP contribution in [0.4, 0.5) is 11.4 Å². The van der Waals surface area contributed by atoms with Gasteiger partial charge in [0.05, 0.1) is 11.4 Å². The zero-order valence-corrected chi connectivity index (χ0v) is 9.66. The third kappa shape index (κ3) is 2.25. The predicted molar refractivity (Wildman–Crippen MR) is 66.2 cm³/mol. The Hall–Kier alpha value is -1.18. The van der Waals surface area contributed by atoms with E-state index in [0.29, 0.717) is 0 Å². The monoisotopic (exact) mass is 204 g/mol. The first-order valence-corrected chi connectivity index (χ1v) is 5.78. The molecule has 1 atom stereocenters. The van der Waals surface area contributed by atoms with E-state index in [1.165, 1.54) is 24.1 Å². The maximum atomic E-state index is 6.06. The first kappa shape index (κ1) is 10.3. The quantitative estimate of drug-likeness (QED) is 0.713. The SMILES string of the molecule is Cc1ccc(N2CCC[C@@H](C)C2)c(N)c1. The molecule has 0 aliphatic carbocycles. The highest BCUT2D eigenvalue weighted by atomic mass is 15.1. The molecule has 1 aliphatic heterocycles. The van der Waals surface area contributed by atoms with Crippen molar-refractivity contribution in [2.45, 2.75) is 26.7 Å². The van der Waals surface area contributed by atoms with Crippen LogP contribution in [0.15, 0.2) is 18.2 Å². The average Bonchev–Trinajstić information content (AvgIpc) is 2.17. The number of rotatable bonds is 1. The van der Waals surface area contributed by atoms with Crippen molar-refractivity contribution in [2.75, 3.05) is 23.7 Å². The second-order valence-corrected chi connectivity index (χ2v) is 4.76. The lowest BCUT2D eigenvalue weighted by Gasteiger charge is -2.33. The summed E-state index contributed by atoms with van der Waals surface area (Å²) in [5.74, 6) is 0.791. The van der Waals surface area contributed by atoms with Crippen LogP contribution in [-0.2, 0) is 0 Å². The molecule has 0 bridgehead atoms. The molecule has 0 aromatic heterocycles. The molecule has 15 heavy (non-hydrogen) atoms. The Labute approximate surface area is 92.1 Å². The van der Waals surface area contributed by atoms with Crippen LogP contribution in [0.1, 0.15) is 25.3 Å². The van der Waals surface area contributed by atoms with Crippen LogP contribution in [0.25, 0.3) is 0 Å². The van der Waals surface area contributed by atoms with E-state index in [1.807, 2.05) is 0 Å². The van der Waals surface area contributed by atoms with Gasteiger partial charge in [0.15, 0.2) is 0 Å². The van der Waals surface area contributed by atoms with Gasteiger partial charge in [-0.05, 0) is 43.4 Å². The van der Waals surface area contributed by atoms with E-state index in [1.54, 1.807) is 0 Å². The molecule has 0 amide bonds. The van der Waals surface area contributed by atoms with Crippen molar-refractivity contribution < 1.29 is 0 Å². The number of piperidine rings is 1. The number of nitrogen functional groups attached to an aromatic ring is 1. The van der Waals surface area contributed by atoms with E-state index in [2.05, 4.69) is 36.9 Å². The number of aryl methyl sites for hydroxylation is 1.